The monoisotopic (exact) mass is 312 g/mol. The van der Waals surface area contributed by atoms with Crippen LogP contribution in [0.15, 0.2) is 46.6 Å². The van der Waals surface area contributed by atoms with Crippen LogP contribution in [0.25, 0.3) is 0 Å². The Balaban J connectivity index is 2.32. The van der Waals surface area contributed by atoms with E-state index in [1.165, 1.54) is 5.56 Å². The van der Waals surface area contributed by atoms with Crippen molar-refractivity contribution in [3.8, 4) is 0 Å². The molecular formula is C20H28N2O. The number of amidine groups is 1. The van der Waals surface area contributed by atoms with Gasteiger partial charge in [-0.2, -0.15) is 0 Å². The number of aliphatic imine (C=N–C) groups is 1. The molecule has 1 aromatic carbocycles. The average Bonchev–Trinajstić information content (AvgIpc) is 2.80. The summed E-state index contributed by atoms with van der Waals surface area (Å²) in [6.07, 6.45) is 2.47. The van der Waals surface area contributed by atoms with Crippen LogP contribution in [0.4, 0.5) is 0 Å². The number of allylic oxidation sites excluding steroid dienone is 2. The fourth-order valence-electron chi connectivity index (χ4n) is 3.24. The normalized spacial score (nSPS) is 22.5. The summed E-state index contributed by atoms with van der Waals surface area (Å²) < 4.78 is 0. The molecule has 2 rings (SSSR count). The van der Waals surface area contributed by atoms with Crippen molar-refractivity contribution in [2.24, 2.45) is 10.9 Å². The minimum Gasteiger partial charge on any atom is -0.356 e. The first-order valence-corrected chi connectivity index (χ1v) is 8.52. The zero-order valence-electron chi connectivity index (χ0n) is 15.0. The summed E-state index contributed by atoms with van der Waals surface area (Å²) in [5.74, 6) is 1.54. The molecule has 0 N–H and O–H groups in total. The first-order chi connectivity index (χ1) is 11.0. The van der Waals surface area contributed by atoms with Gasteiger partial charge in [-0.25, -0.2) is 4.99 Å². The van der Waals surface area contributed by atoms with Crippen LogP contribution >= 0.6 is 0 Å². The Morgan fingerprint density at radius 1 is 1.26 bits per heavy atom. The summed E-state index contributed by atoms with van der Waals surface area (Å²) in [6, 6.07) is 10.9. The molecule has 0 bridgehead atoms. The zero-order chi connectivity index (χ0) is 17.0. The second-order valence-corrected chi connectivity index (χ2v) is 6.67. The second-order valence-electron chi connectivity index (χ2n) is 6.67. The number of nitrogens with zero attached hydrogens (tertiary/aromatic N) is 2. The average molecular weight is 312 g/mol. The third kappa shape index (κ3) is 3.90. The van der Waals surface area contributed by atoms with Crippen LogP contribution < -0.4 is 0 Å². The number of carbonyl (C=O) groups excluding carboxylic acids is 1. The van der Waals surface area contributed by atoms with E-state index in [9.17, 15) is 4.79 Å². The van der Waals surface area contributed by atoms with E-state index in [0.29, 0.717) is 24.1 Å². The molecule has 2 unspecified atom stereocenters. The molecule has 1 heterocycles. The van der Waals surface area contributed by atoms with Crippen molar-refractivity contribution in [3.63, 3.8) is 0 Å². The number of carbonyl (C=O) groups is 1. The largest absolute Gasteiger partial charge is 0.356 e. The Morgan fingerprint density at radius 2 is 1.91 bits per heavy atom. The summed E-state index contributed by atoms with van der Waals surface area (Å²) >= 11 is 0. The summed E-state index contributed by atoms with van der Waals surface area (Å²) in [5.41, 5.74) is 2.96. The van der Waals surface area contributed by atoms with Gasteiger partial charge in [0.05, 0.1) is 6.04 Å². The Morgan fingerprint density at radius 3 is 2.48 bits per heavy atom. The van der Waals surface area contributed by atoms with Crippen molar-refractivity contribution in [1.82, 2.24) is 4.90 Å². The number of hydrogen-bond acceptors (Lipinski definition) is 2. The smallest absolute Gasteiger partial charge is 0.181 e. The first-order valence-electron chi connectivity index (χ1n) is 8.52. The lowest BCUT2D eigenvalue weighted by atomic mass is 10.0. The highest BCUT2D eigenvalue weighted by Crippen LogP contribution is 2.36. The van der Waals surface area contributed by atoms with E-state index in [2.05, 4.69) is 43.1 Å². The standard InChI is InChI=1S/C20H28N2O/c1-6-10-18(23)19(14(2)3)21-20-15(4)13-17(22(20)5)16-11-8-7-9-12-16/h7-9,11-12,15,17H,6,10,13H2,1-5H3/b21-20-. The van der Waals surface area contributed by atoms with Crippen LogP contribution in [-0.2, 0) is 4.79 Å². The maximum absolute atomic E-state index is 12.4. The lowest BCUT2D eigenvalue weighted by Crippen LogP contribution is -2.25. The molecule has 1 aromatic rings. The Hall–Kier alpha value is -1.90. The number of hydrogen-bond donors (Lipinski definition) is 0. The molecule has 1 aliphatic heterocycles. The minimum atomic E-state index is 0.156. The van der Waals surface area contributed by atoms with Gasteiger partial charge >= 0.3 is 0 Å². The Labute approximate surface area is 140 Å². The van der Waals surface area contributed by atoms with Gasteiger partial charge < -0.3 is 4.90 Å². The van der Waals surface area contributed by atoms with Gasteiger partial charge in [-0.1, -0.05) is 44.2 Å². The van der Waals surface area contributed by atoms with Gasteiger partial charge in [0, 0.05) is 19.4 Å². The third-order valence-corrected chi connectivity index (χ3v) is 4.47. The first kappa shape index (κ1) is 17.5. The van der Waals surface area contributed by atoms with Gasteiger partial charge in [-0.3, -0.25) is 4.79 Å². The van der Waals surface area contributed by atoms with Crippen LogP contribution in [0.5, 0.6) is 0 Å². The topological polar surface area (TPSA) is 32.7 Å². The molecular weight excluding hydrogens is 284 g/mol. The summed E-state index contributed by atoms with van der Waals surface area (Å²) in [4.78, 5) is 19.4. The zero-order valence-corrected chi connectivity index (χ0v) is 15.0. The quantitative estimate of drug-likeness (QED) is 0.734. The maximum atomic E-state index is 12.4. The molecule has 0 radical (unpaired) electrons. The van der Waals surface area contributed by atoms with Crippen molar-refractivity contribution in [2.45, 2.75) is 53.0 Å². The highest BCUT2D eigenvalue weighted by Gasteiger charge is 2.33. The molecule has 0 saturated carbocycles. The minimum absolute atomic E-state index is 0.156. The van der Waals surface area contributed by atoms with E-state index in [0.717, 1.165) is 24.3 Å². The second kappa shape index (κ2) is 7.58. The van der Waals surface area contributed by atoms with E-state index in [1.807, 2.05) is 26.8 Å². The van der Waals surface area contributed by atoms with Crippen molar-refractivity contribution in [1.29, 1.82) is 0 Å². The molecule has 1 aliphatic rings. The van der Waals surface area contributed by atoms with E-state index in [4.69, 9.17) is 4.99 Å². The van der Waals surface area contributed by atoms with Crippen LogP contribution in [0, 0.1) is 5.92 Å². The van der Waals surface area contributed by atoms with E-state index in [-0.39, 0.29) is 5.78 Å². The van der Waals surface area contributed by atoms with Crippen molar-refractivity contribution < 1.29 is 4.79 Å². The highest BCUT2D eigenvalue weighted by atomic mass is 16.1. The van der Waals surface area contributed by atoms with Gasteiger partial charge in [0.2, 0.25) is 0 Å². The fourth-order valence-corrected chi connectivity index (χ4v) is 3.24. The molecule has 1 fully saturated rings. The van der Waals surface area contributed by atoms with Gasteiger partial charge in [0.25, 0.3) is 0 Å². The van der Waals surface area contributed by atoms with E-state index < -0.39 is 0 Å². The Kier molecular flexibility index (Phi) is 5.75. The summed E-state index contributed by atoms with van der Waals surface area (Å²) in [7, 11) is 2.09. The number of rotatable bonds is 5. The summed E-state index contributed by atoms with van der Waals surface area (Å²) in [5, 5.41) is 0. The van der Waals surface area contributed by atoms with Crippen LogP contribution in [0.2, 0.25) is 0 Å². The lowest BCUT2D eigenvalue weighted by Gasteiger charge is -2.23. The third-order valence-electron chi connectivity index (χ3n) is 4.47. The summed E-state index contributed by atoms with van der Waals surface area (Å²) in [6.45, 7) is 8.18. The molecule has 0 aromatic heterocycles. The van der Waals surface area contributed by atoms with Crippen LogP contribution in [0.3, 0.4) is 0 Å². The molecule has 3 nitrogen and oxygen atoms in total. The molecule has 2 atom stereocenters. The van der Waals surface area contributed by atoms with E-state index in [1.54, 1.807) is 0 Å². The van der Waals surface area contributed by atoms with Crippen molar-refractivity contribution >= 4 is 11.6 Å². The van der Waals surface area contributed by atoms with Crippen molar-refractivity contribution in [3.05, 3.63) is 47.2 Å². The lowest BCUT2D eigenvalue weighted by molar-refractivity contribution is -0.115. The van der Waals surface area contributed by atoms with Crippen molar-refractivity contribution in [2.75, 3.05) is 7.05 Å². The molecule has 1 saturated heterocycles. The number of Topliss-reactive ketones (excluding diaryl/α,β-unsaturated/α-hetero) is 1. The fraction of sp³-hybridized carbons (Fsp3) is 0.500. The molecule has 0 amide bonds. The predicted molar refractivity (Wildman–Crippen MR) is 96.5 cm³/mol. The molecule has 23 heavy (non-hydrogen) atoms. The van der Waals surface area contributed by atoms with Gasteiger partial charge in [0.1, 0.15) is 11.5 Å². The van der Waals surface area contributed by atoms with Crippen LogP contribution in [-0.4, -0.2) is 23.6 Å². The van der Waals surface area contributed by atoms with Gasteiger partial charge in [-0.15, -0.1) is 0 Å². The maximum Gasteiger partial charge on any atom is 0.181 e. The number of benzene rings is 1. The number of likely N-dealkylation sites (tertiary alicyclic amines) is 1. The molecule has 0 spiro atoms. The van der Waals surface area contributed by atoms with E-state index >= 15 is 0 Å². The number of ketones is 1. The highest BCUT2D eigenvalue weighted by molar-refractivity contribution is 5.99. The SMILES string of the molecule is CCCC(=O)C(/N=C1/C(C)CC(c2ccccc2)N1C)=C(C)C. The van der Waals surface area contributed by atoms with Gasteiger partial charge in [-0.05, 0) is 37.8 Å². The predicted octanol–water partition coefficient (Wildman–Crippen LogP) is 4.76. The van der Waals surface area contributed by atoms with Gasteiger partial charge in [0.15, 0.2) is 5.78 Å². The molecule has 3 heteroatoms. The molecule has 124 valence electrons. The molecule has 0 aliphatic carbocycles. The van der Waals surface area contributed by atoms with Crippen LogP contribution in [0.1, 0.15) is 58.6 Å². The Bertz CT molecular complexity index is 612.